The molecule has 1 aromatic heterocycles. The van der Waals surface area contributed by atoms with Crippen molar-refractivity contribution < 1.29 is 19.1 Å². The predicted molar refractivity (Wildman–Crippen MR) is 126 cm³/mol. The van der Waals surface area contributed by atoms with E-state index < -0.39 is 6.04 Å². The van der Waals surface area contributed by atoms with E-state index >= 15 is 0 Å². The van der Waals surface area contributed by atoms with Gasteiger partial charge in [0.25, 0.3) is 0 Å². The second kappa shape index (κ2) is 11.0. The molecule has 0 bridgehead atoms. The zero-order valence-electron chi connectivity index (χ0n) is 20.0. The second-order valence-electron chi connectivity index (χ2n) is 8.33. The number of carbonyl (C=O) groups is 2. The van der Waals surface area contributed by atoms with Crippen LogP contribution >= 0.6 is 0 Å². The Morgan fingerprint density at radius 3 is 2.36 bits per heavy atom. The molecule has 0 radical (unpaired) electrons. The number of anilines is 1. The van der Waals surface area contributed by atoms with E-state index in [4.69, 9.17) is 9.47 Å². The quantitative estimate of drug-likeness (QED) is 0.627. The van der Waals surface area contributed by atoms with Crippen LogP contribution < -0.4 is 25.0 Å². The summed E-state index contributed by atoms with van der Waals surface area (Å²) in [5.41, 5.74) is 2.67. The lowest BCUT2D eigenvalue weighted by molar-refractivity contribution is -0.128. The molecule has 33 heavy (non-hydrogen) atoms. The molecule has 1 aliphatic rings. The van der Waals surface area contributed by atoms with Gasteiger partial charge in [-0.15, -0.1) is 0 Å². The zero-order chi connectivity index (χ0) is 24.0. The van der Waals surface area contributed by atoms with E-state index in [2.05, 4.69) is 25.5 Å². The fourth-order valence-corrected chi connectivity index (χ4v) is 4.16. The van der Waals surface area contributed by atoms with Crippen molar-refractivity contribution in [1.82, 2.24) is 20.6 Å². The first-order chi connectivity index (χ1) is 15.8. The number of nitrogens with zero attached hydrogens (tertiary/aromatic N) is 3. The molecule has 2 aromatic rings. The number of amides is 2. The number of rotatable bonds is 8. The molecule has 2 amide bonds. The lowest BCUT2D eigenvalue weighted by Gasteiger charge is -2.33. The third-order valence-electron chi connectivity index (χ3n) is 5.70. The van der Waals surface area contributed by atoms with E-state index in [1.165, 1.54) is 6.92 Å². The Kier molecular flexibility index (Phi) is 8.08. The molecule has 2 heterocycles. The molecule has 9 heteroatoms. The maximum Gasteiger partial charge on any atom is 0.243 e. The number of carbonyl (C=O) groups excluding carboxylic acids is 2. The highest BCUT2D eigenvalue weighted by Crippen LogP contribution is 2.31. The smallest absolute Gasteiger partial charge is 0.243 e. The van der Waals surface area contributed by atoms with E-state index in [1.807, 2.05) is 32.0 Å². The maximum absolute atomic E-state index is 13.1. The summed E-state index contributed by atoms with van der Waals surface area (Å²) in [6.07, 6.45) is 1.84. The molecule has 1 aromatic carbocycles. The molecule has 9 nitrogen and oxygen atoms in total. The topological polar surface area (TPSA) is 106 Å². The summed E-state index contributed by atoms with van der Waals surface area (Å²) in [6.45, 7) is 6.84. The van der Waals surface area contributed by atoms with Gasteiger partial charge in [-0.05, 0) is 38.8 Å². The third kappa shape index (κ3) is 6.34. The van der Waals surface area contributed by atoms with Crippen molar-refractivity contribution >= 4 is 17.8 Å². The van der Waals surface area contributed by atoms with Gasteiger partial charge in [0.05, 0.1) is 14.2 Å². The molecule has 1 atom stereocenters. The van der Waals surface area contributed by atoms with Crippen molar-refractivity contribution in [1.29, 1.82) is 0 Å². The van der Waals surface area contributed by atoms with Crippen LogP contribution in [0.25, 0.3) is 0 Å². The number of hydrogen-bond acceptors (Lipinski definition) is 7. The van der Waals surface area contributed by atoms with E-state index in [9.17, 15) is 9.59 Å². The van der Waals surface area contributed by atoms with Gasteiger partial charge in [-0.25, -0.2) is 9.97 Å². The van der Waals surface area contributed by atoms with Crippen molar-refractivity contribution in [3.05, 3.63) is 41.2 Å². The van der Waals surface area contributed by atoms with Crippen LogP contribution in [0.2, 0.25) is 0 Å². The first kappa shape index (κ1) is 24.3. The molecule has 1 fully saturated rings. The van der Waals surface area contributed by atoms with Gasteiger partial charge in [0.15, 0.2) is 11.5 Å². The van der Waals surface area contributed by atoms with Crippen LogP contribution in [0.4, 0.5) is 5.95 Å². The number of piperidine rings is 1. The Balaban J connectivity index is 1.65. The monoisotopic (exact) mass is 455 g/mol. The normalized spacial score (nSPS) is 15.0. The van der Waals surface area contributed by atoms with Crippen LogP contribution in [-0.2, 0) is 16.0 Å². The lowest BCUT2D eigenvalue weighted by Crippen LogP contribution is -2.52. The minimum Gasteiger partial charge on any atom is -0.493 e. The molecule has 3 rings (SSSR count). The van der Waals surface area contributed by atoms with E-state index in [1.54, 1.807) is 20.3 Å². The van der Waals surface area contributed by atoms with Crippen molar-refractivity contribution in [2.75, 3.05) is 32.2 Å². The summed E-state index contributed by atoms with van der Waals surface area (Å²) in [6, 6.07) is 6.75. The summed E-state index contributed by atoms with van der Waals surface area (Å²) in [7, 11) is 3.12. The summed E-state index contributed by atoms with van der Waals surface area (Å²) in [5.74, 6) is 1.40. The Morgan fingerprint density at radius 2 is 1.79 bits per heavy atom. The van der Waals surface area contributed by atoms with E-state index in [0.717, 1.165) is 48.8 Å². The molecular weight excluding hydrogens is 422 g/mol. The Hall–Kier alpha value is -3.36. The Morgan fingerprint density at radius 1 is 1.12 bits per heavy atom. The van der Waals surface area contributed by atoms with Crippen LogP contribution in [0.1, 0.15) is 36.7 Å². The Labute approximate surface area is 194 Å². The summed E-state index contributed by atoms with van der Waals surface area (Å²) in [5, 5.41) is 5.89. The SMILES string of the molecule is COc1cccc(C[C@H](NC(C)=O)C(=O)NC2CCN(c3nc(C)cc(C)n3)CC2)c1OC. The highest BCUT2D eigenvalue weighted by molar-refractivity contribution is 5.87. The van der Waals surface area contributed by atoms with Crippen molar-refractivity contribution in [3.8, 4) is 11.5 Å². The number of benzene rings is 1. The van der Waals surface area contributed by atoms with Gasteiger partial charge >= 0.3 is 0 Å². The highest BCUT2D eigenvalue weighted by Gasteiger charge is 2.27. The third-order valence-corrected chi connectivity index (χ3v) is 5.70. The first-order valence-corrected chi connectivity index (χ1v) is 11.1. The van der Waals surface area contributed by atoms with Gasteiger partial charge in [-0.2, -0.15) is 0 Å². The van der Waals surface area contributed by atoms with Crippen LogP contribution in [0, 0.1) is 13.8 Å². The number of para-hydroxylation sites is 1. The van der Waals surface area contributed by atoms with Gasteiger partial charge in [-0.1, -0.05) is 12.1 Å². The zero-order valence-corrected chi connectivity index (χ0v) is 20.0. The van der Waals surface area contributed by atoms with Crippen LogP contribution in [0.15, 0.2) is 24.3 Å². The summed E-state index contributed by atoms with van der Waals surface area (Å²) >= 11 is 0. The van der Waals surface area contributed by atoms with Crippen molar-refractivity contribution in [2.45, 2.75) is 52.1 Å². The molecule has 2 N–H and O–H groups in total. The van der Waals surface area contributed by atoms with Crippen molar-refractivity contribution in [3.63, 3.8) is 0 Å². The number of ether oxygens (including phenoxy) is 2. The van der Waals surface area contributed by atoms with Gasteiger partial charge in [0.1, 0.15) is 6.04 Å². The van der Waals surface area contributed by atoms with Crippen LogP contribution in [-0.4, -0.2) is 61.2 Å². The number of methoxy groups -OCH3 is 2. The van der Waals surface area contributed by atoms with E-state index in [-0.39, 0.29) is 17.9 Å². The maximum atomic E-state index is 13.1. The lowest BCUT2D eigenvalue weighted by atomic mass is 10.0. The molecule has 1 aliphatic heterocycles. The van der Waals surface area contributed by atoms with Crippen molar-refractivity contribution in [2.24, 2.45) is 0 Å². The molecule has 0 spiro atoms. The number of aryl methyl sites for hydroxylation is 2. The standard InChI is InChI=1S/C24H33N5O4/c1-15-13-16(2)26-24(25-15)29-11-9-19(10-12-29)28-23(31)20(27-17(3)30)14-18-7-6-8-21(32-4)22(18)33-5/h6-8,13,19-20H,9-12,14H2,1-5H3,(H,27,30)(H,28,31)/t20-/m0/s1. The Bertz CT molecular complexity index is 969. The minimum atomic E-state index is -0.718. The fourth-order valence-electron chi connectivity index (χ4n) is 4.16. The van der Waals surface area contributed by atoms with Gasteiger partial charge < -0.3 is 25.0 Å². The van der Waals surface area contributed by atoms with Crippen LogP contribution in [0.3, 0.4) is 0 Å². The molecule has 0 unspecified atom stereocenters. The van der Waals surface area contributed by atoms with Crippen LogP contribution in [0.5, 0.6) is 11.5 Å². The first-order valence-electron chi connectivity index (χ1n) is 11.1. The van der Waals surface area contributed by atoms with Gasteiger partial charge in [0, 0.05) is 49.4 Å². The number of nitrogens with one attached hydrogen (secondary N) is 2. The van der Waals surface area contributed by atoms with Gasteiger partial charge in [-0.3, -0.25) is 9.59 Å². The predicted octanol–water partition coefficient (Wildman–Crippen LogP) is 1.94. The average Bonchev–Trinajstić information content (AvgIpc) is 2.78. The van der Waals surface area contributed by atoms with Gasteiger partial charge in [0.2, 0.25) is 17.8 Å². The highest BCUT2D eigenvalue weighted by atomic mass is 16.5. The minimum absolute atomic E-state index is 0.0168. The number of aromatic nitrogens is 2. The second-order valence-corrected chi connectivity index (χ2v) is 8.33. The van der Waals surface area contributed by atoms with E-state index in [0.29, 0.717) is 17.9 Å². The molecule has 178 valence electrons. The largest absolute Gasteiger partial charge is 0.493 e. The fraction of sp³-hybridized carbons (Fsp3) is 0.500. The molecule has 0 saturated carbocycles. The molecule has 0 aliphatic carbocycles. The summed E-state index contributed by atoms with van der Waals surface area (Å²) < 4.78 is 10.8. The molecular formula is C24H33N5O4. The average molecular weight is 456 g/mol. The number of hydrogen-bond donors (Lipinski definition) is 2. The molecule has 1 saturated heterocycles. The summed E-state index contributed by atoms with van der Waals surface area (Å²) in [4.78, 5) is 36.1.